The maximum atomic E-state index is 12.0. The smallest absolute Gasteiger partial charge is 0.227 e. The van der Waals surface area contributed by atoms with E-state index in [1.54, 1.807) is 11.3 Å². The van der Waals surface area contributed by atoms with Crippen LogP contribution in [0.15, 0.2) is 35.8 Å². The van der Waals surface area contributed by atoms with Gasteiger partial charge in [0.05, 0.1) is 4.88 Å². The van der Waals surface area contributed by atoms with Gasteiger partial charge in [0.2, 0.25) is 17.8 Å². The van der Waals surface area contributed by atoms with Gasteiger partial charge < -0.3 is 12.4 Å². The zero-order valence-corrected chi connectivity index (χ0v) is 11.4. The molecule has 0 amide bonds. The van der Waals surface area contributed by atoms with Crippen LogP contribution in [-0.2, 0) is 6.54 Å². The average Bonchev–Trinajstić information content (AvgIpc) is 2.62. The molecule has 0 aliphatic rings. The zero-order chi connectivity index (χ0) is 11.5. The molecule has 0 fully saturated rings. The molecular formula is C13H14ClNOS. The number of aryl methyl sites for hydroxylation is 1. The van der Waals surface area contributed by atoms with Crippen LogP contribution in [0, 0.1) is 13.8 Å². The molecule has 2 aromatic rings. The van der Waals surface area contributed by atoms with Crippen LogP contribution in [0.1, 0.15) is 20.9 Å². The summed E-state index contributed by atoms with van der Waals surface area (Å²) in [6.07, 6.45) is 0. The summed E-state index contributed by atoms with van der Waals surface area (Å²) in [5, 5.41) is 0. The Morgan fingerprint density at radius 1 is 1.24 bits per heavy atom. The molecule has 0 atom stereocenters. The highest BCUT2D eigenvalue weighted by Crippen LogP contribution is 2.08. The fourth-order valence-electron chi connectivity index (χ4n) is 1.54. The van der Waals surface area contributed by atoms with E-state index in [4.69, 9.17) is 0 Å². The van der Waals surface area contributed by atoms with Crippen molar-refractivity contribution in [3.63, 3.8) is 0 Å². The van der Waals surface area contributed by atoms with E-state index < -0.39 is 0 Å². The fraction of sp³-hybridized carbons (Fsp3) is 0.231. The molecule has 2 rings (SSSR count). The van der Waals surface area contributed by atoms with Crippen LogP contribution in [0.25, 0.3) is 0 Å². The Labute approximate surface area is 111 Å². The summed E-state index contributed by atoms with van der Waals surface area (Å²) in [5.41, 5.74) is 3.96. The molecule has 0 N–H and O–H groups in total. The minimum atomic E-state index is 0. The van der Waals surface area contributed by atoms with Crippen molar-refractivity contribution >= 4 is 17.1 Å². The van der Waals surface area contributed by atoms with E-state index in [9.17, 15) is 4.79 Å². The van der Waals surface area contributed by atoms with Crippen molar-refractivity contribution in [2.45, 2.75) is 20.4 Å². The van der Waals surface area contributed by atoms with Gasteiger partial charge in [0.1, 0.15) is 0 Å². The number of nitrogens with zero attached hydrogens (tertiary/aromatic N) is 1. The first-order valence-corrected chi connectivity index (χ1v) is 6.09. The Bertz CT molecular complexity index is 507. The van der Waals surface area contributed by atoms with Crippen molar-refractivity contribution in [1.29, 1.82) is 0 Å². The lowest BCUT2D eigenvalue weighted by atomic mass is 10.1. The molecule has 0 aliphatic carbocycles. The van der Waals surface area contributed by atoms with Gasteiger partial charge in [-0.25, -0.2) is 0 Å². The molecule has 17 heavy (non-hydrogen) atoms. The van der Waals surface area contributed by atoms with Crippen LogP contribution >= 0.6 is 11.3 Å². The topological polar surface area (TPSA) is 20.9 Å². The van der Waals surface area contributed by atoms with Crippen molar-refractivity contribution in [3.05, 3.63) is 52.0 Å². The summed E-state index contributed by atoms with van der Waals surface area (Å²) in [5.74, 6) is 0.159. The summed E-state index contributed by atoms with van der Waals surface area (Å²) >= 11 is 1.68. The second-order valence-electron chi connectivity index (χ2n) is 3.78. The number of Topliss-reactive ketones (excluding diaryl/α,β-unsaturated/α-hetero) is 1. The summed E-state index contributed by atoms with van der Waals surface area (Å²) in [6.45, 7) is 4.55. The van der Waals surface area contributed by atoms with E-state index in [1.807, 2.05) is 47.3 Å². The minimum Gasteiger partial charge on any atom is -1.00 e. The van der Waals surface area contributed by atoms with Crippen molar-refractivity contribution < 1.29 is 21.8 Å². The molecule has 0 radical (unpaired) electrons. The van der Waals surface area contributed by atoms with Crippen molar-refractivity contribution in [2.24, 2.45) is 0 Å². The third kappa shape index (κ3) is 3.14. The van der Waals surface area contributed by atoms with Crippen molar-refractivity contribution in [1.82, 2.24) is 0 Å². The van der Waals surface area contributed by atoms with Crippen LogP contribution in [0.2, 0.25) is 0 Å². The Hall–Kier alpha value is -1.19. The zero-order valence-electron chi connectivity index (χ0n) is 9.81. The molecule has 4 heteroatoms. The SMILES string of the molecule is Cc1sc[n+](CC(=O)c2ccccc2)c1C.[Cl-]. The average molecular weight is 268 g/mol. The van der Waals surface area contributed by atoms with Crippen LogP contribution in [0.4, 0.5) is 0 Å². The maximum Gasteiger partial charge on any atom is 0.227 e. The van der Waals surface area contributed by atoms with Crippen LogP contribution in [0.5, 0.6) is 0 Å². The monoisotopic (exact) mass is 267 g/mol. The van der Waals surface area contributed by atoms with Gasteiger partial charge in [-0.1, -0.05) is 41.7 Å². The van der Waals surface area contributed by atoms with E-state index in [0.29, 0.717) is 6.54 Å². The van der Waals surface area contributed by atoms with Gasteiger partial charge in [-0.3, -0.25) is 4.79 Å². The number of thiazole rings is 1. The Morgan fingerprint density at radius 2 is 1.88 bits per heavy atom. The number of hydrogen-bond donors (Lipinski definition) is 0. The number of rotatable bonds is 3. The first-order valence-electron chi connectivity index (χ1n) is 5.21. The van der Waals surface area contributed by atoms with Crippen molar-refractivity contribution in [2.75, 3.05) is 0 Å². The highest BCUT2D eigenvalue weighted by atomic mass is 35.5. The molecule has 1 aromatic carbocycles. The third-order valence-electron chi connectivity index (χ3n) is 2.71. The van der Waals surface area contributed by atoms with E-state index in [2.05, 4.69) is 6.92 Å². The van der Waals surface area contributed by atoms with Crippen LogP contribution in [-0.4, -0.2) is 5.78 Å². The standard InChI is InChI=1S/C13H14NOS.ClH/c1-10-11(2)16-9-14(10)8-13(15)12-6-4-3-5-7-12;/h3-7,9H,8H2,1-2H3;1H/q+1;/p-1. The number of carbonyl (C=O) groups is 1. The highest BCUT2D eigenvalue weighted by Gasteiger charge is 2.16. The fourth-order valence-corrected chi connectivity index (χ4v) is 2.34. The number of ketones is 1. The molecule has 90 valence electrons. The molecule has 0 aliphatic heterocycles. The first-order chi connectivity index (χ1) is 7.68. The molecule has 1 aromatic heterocycles. The van der Waals surface area contributed by atoms with Gasteiger partial charge in [0.25, 0.3) is 0 Å². The van der Waals surface area contributed by atoms with Crippen LogP contribution in [0.3, 0.4) is 0 Å². The number of hydrogen-bond acceptors (Lipinski definition) is 2. The highest BCUT2D eigenvalue weighted by molar-refractivity contribution is 7.09. The van der Waals surface area contributed by atoms with Gasteiger partial charge in [-0.15, -0.1) is 0 Å². The van der Waals surface area contributed by atoms with E-state index in [-0.39, 0.29) is 18.2 Å². The lowest BCUT2D eigenvalue weighted by Crippen LogP contribution is -3.00. The summed E-state index contributed by atoms with van der Waals surface area (Å²) in [4.78, 5) is 13.2. The van der Waals surface area contributed by atoms with E-state index in [1.165, 1.54) is 10.6 Å². The number of halogens is 1. The Kier molecular flexibility index (Phi) is 4.85. The molecule has 2 nitrogen and oxygen atoms in total. The quantitative estimate of drug-likeness (QED) is 0.545. The largest absolute Gasteiger partial charge is 1.00 e. The summed E-state index contributed by atoms with van der Waals surface area (Å²) in [7, 11) is 0. The Morgan fingerprint density at radius 3 is 2.41 bits per heavy atom. The number of benzene rings is 1. The van der Waals surface area contributed by atoms with Gasteiger partial charge >= 0.3 is 0 Å². The lowest BCUT2D eigenvalue weighted by Gasteiger charge is -1.97. The van der Waals surface area contributed by atoms with Gasteiger partial charge in [-0.05, 0) is 6.92 Å². The maximum absolute atomic E-state index is 12.0. The normalized spacial score (nSPS) is 9.76. The molecule has 0 spiro atoms. The Balaban J connectivity index is 0.00000144. The second kappa shape index (κ2) is 5.94. The molecule has 0 unspecified atom stereocenters. The second-order valence-corrected chi connectivity index (χ2v) is 4.84. The summed E-state index contributed by atoms with van der Waals surface area (Å²) < 4.78 is 2.01. The predicted molar refractivity (Wildman–Crippen MR) is 64.8 cm³/mol. The lowest BCUT2D eigenvalue weighted by molar-refractivity contribution is -0.684. The molecule has 0 saturated heterocycles. The number of carbonyl (C=O) groups excluding carboxylic acids is 1. The third-order valence-corrected chi connectivity index (χ3v) is 3.72. The van der Waals surface area contributed by atoms with E-state index >= 15 is 0 Å². The molecule has 0 bridgehead atoms. The number of aromatic nitrogens is 1. The summed E-state index contributed by atoms with van der Waals surface area (Å²) in [6, 6.07) is 9.42. The molecule has 1 heterocycles. The minimum absolute atomic E-state index is 0. The molecule has 0 saturated carbocycles. The van der Waals surface area contributed by atoms with E-state index in [0.717, 1.165) is 5.56 Å². The first kappa shape index (κ1) is 13.9. The van der Waals surface area contributed by atoms with Crippen molar-refractivity contribution in [3.8, 4) is 0 Å². The van der Waals surface area contributed by atoms with Gasteiger partial charge in [-0.2, -0.15) is 4.57 Å². The van der Waals surface area contributed by atoms with Crippen LogP contribution < -0.4 is 17.0 Å². The van der Waals surface area contributed by atoms with Gasteiger partial charge in [0.15, 0.2) is 5.69 Å². The van der Waals surface area contributed by atoms with Gasteiger partial charge in [0, 0.05) is 12.5 Å². The molecular weight excluding hydrogens is 254 g/mol. The predicted octanol–water partition coefficient (Wildman–Crippen LogP) is -0.461.